The lowest BCUT2D eigenvalue weighted by molar-refractivity contribution is -0.127. The summed E-state index contributed by atoms with van der Waals surface area (Å²) in [7, 11) is 0. The van der Waals surface area contributed by atoms with Gasteiger partial charge in [-0.2, -0.15) is 0 Å². The Bertz CT molecular complexity index is 495. The molecule has 1 aromatic carbocycles. The normalized spacial score (nSPS) is 11.0. The highest BCUT2D eigenvalue weighted by Gasteiger charge is 2.21. The highest BCUT2D eigenvalue weighted by molar-refractivity contribution is 9.10. The minimum Gasteiger partial charge on any atom is -0.345 e. The van der Waals surface area contributed by atoms with Gasteiger partial charge in [-0.15, -0.1) is 0 Å². The van der Waals surface area contributed by atoms with E-state index in [2.05, 4.69) is 26.6 Å². The fourth-order valence-corrected chi connectivity index (χ4v) is 1.67. The summed E-state index contributed by atoms with van der Waals surface area (Å²) in [6, 6.07) is 5.59. The van der Waals surface area contributed by atoms with E-state index in [1.54, 1.807) is 13.8 Å². The third-order valence-corrected chi connectivity index (χ3v) is 2.96. The Kier molecular flexibility index (Phi) is 5.08. The summed E-state index contributed by atoms with van der Waals surface area (Å²) in [5.74, 6) is -0.660. The molecule has 0 spiro atoms. The number of amides is 2. The Morgan fingerprint density at radius 2 is 2.00 bits per heavy atom. The molecule has 0 bridgehead atoms. The van der Waals surface area contributed by atoms with Crippen LogP contribution in [0.4, 0.5) is 5.69 Å². The summed E-state index contributed by atoms with van der Waals surface area (Å²) in [6.45, 7) is 4.95. The molecular weight excluding hydrogens is 310 g/mol. The molecule has 0 aliphatic heterocycles. The second-order valence-corrected chi connectivity index (χ2v) is 5.83. The summed E-state index contributed by atoms with van der Waals surface area (Å²) >= 11 is 3.34. The number of nitrogens with two attached hydrogens (primary N) is 1. The second kappa shape index (κ2) is 6.16. The molecule has 104 valence electrons. The number of carbonyl (C=O) groups is 2. The third kappa shape index (κ3) is 5.00. The highest BCUT2D eigenvalue weighted by atomic mass is 79.9. The fourth-order valence-electron chi connectivity index (χ4n) is 1.31. The van der Waals surface area contributed by atoms with Crippen molar-refractivity contribution in [2.75, 3.05) is 11.9 Å². The van der Waals surface area contributed by atoms with Gasteiger partial charge in [-0.25, -0.2) is 0 Å². The largest absolute Gasteiger partial charge is 0.345 e. The topological polar surface area (TPSA) is 84.2 Å². The predicted molar refractivity (Wildman–Crippen MR) is 78.8 cm³/mol. The molecular formula is C13H18BrN3O2. The molecule has 19 heavy (non-hydrogen) atoms. The van der Waals surface area contributed by atoms with Gasteiger partial charge < -0.3 is 16.4 Å². The molecule has 6 heteroatoms. The van der Waals surface area contributed by atoms with Crippen molar-refractivity contribution in [3.8, 4) is 0 Å². The first-order chi connectivity index (χ1) is 8.70. The Morgan fingerprint density at radius 3 is 2.58 bits per heavy atom. The number of rotatable bonds is 4. The van der Waals surface area contributed by atoms with Crippen LogP contribution in [0.3, 0.4) is 0 Å². The lowest BCUT2D eigenvalue weighted by Crippen LogP contribution is -2.50. The van der Waals surface area contributed by atoms with E-state index in [4.69, 9.17) is 5.73 Å². The van der Waals surface area contributed by atoms with Gasteiger partial charge in [-0.05, 0) is 38.5 Å². The van der Waals surface area contributed by atoms with Crippen molar-refractivity contribution < 1.29 is 9.59 Å². The van der Waals surface area contributed by atoms with Gasteiger partial charge in [0.25, 0.3) is 0 Å². The summed E-state index contributed by atoms with van der Waals surface area (Å²) in [5, 5.41) is 5.22. The zero-order chi connectivity index (χ0) is 14.6. The molecule has 4 N–H and O–H groups in total. The van der Waals surface area contributed by atoms with Gasteiger partial charge in [0.15, 0.2) is 0 Å². The van der Waals surface area contributed by atoms with Crippen LogP contribution in [-0.2, 0) is 9.59 Å². The summed E-state index contributed by atoms with van der Waals surface area (Å²) in [4.78, 5) is 23.2. The van der Waals surface area contributed by atoms with Crippen molar-refractivity contribution in [1.29, 1.82) is 0 Å². The number of aryl methyl sites for hydroxylation is 1. The smallest absolute Gasteiger partial charge is 0.243 e. The first kappa shape index (κ1) is 15.7. The van der Waals surface area contributed by atoms with Gasteiger partial charge in [0.05, 0.1) is 12.1 Å². The van der Waals surface area contributed by atoms with Gasteiger partial charge in [0.1, 0.15) is 0 Å². The molecule has 0 aliphatic carbocycles. The molecule has 5 nitrogen and oxygen atoms in total. The van der Waals surface area contributed by atoms with Crippen molar-refractivity contribution in [3.63, 3.8) is 0 Å². The zero-order valence-electron chi connectivity index (χ0n) is 11.2. The van der Waals surface area contributed by atoms with E-state index in [1.165, 1.54) is 0 Å². The first-order valence-electron chi connectivity index (χ1n) is 5.83. The molecule has 0 saturated heterocycles. The molecule has 0 unspecified atom stereocenters. The Hall–Kier alpha value is -1.40. The minimum atomic E-state index is -0.994. The zero-order valence-corrected chi connectivity index (χ0v) is 12.8. The Labute approximate surface area is 121 Å². The number of carbonyl (C=O) groups excluding carboxylic acids is 2. The van der Waals surface area contributed by atoms with Gasteiger partial charge >= 0.3 is 0 Å². The van der Waals surface area contributed by atoms with Crippen LogP contribution in [0.1, 0.15) is 19.4 Å². The molecule has 1 aromatic rings. The van der Waals surface area contributed by atoms with E-state index < -0.39 is 5.54 Å². The molecule has 0 radical (unpaired) electrons. The quantitative estimate of drug-likeness (QED) is 0.784. The van der Waals surface area contributed by atoms with E-state index >= 15 is 0 Å². The average molecular weight is 328 g/mol. The van der Waals surface area contributed by atoms with Crippen LogP contribution in [0, 0.1) is 6.92 Å². The number of hydrogen-bond acceptors (Lipinski definition) is 3. The van der Waals surface area contributed by atoms with Crippen LogP contribution in [0.5, 0.6) is 0 Å². The third-order valence-electron chi connectivity index (χ3n) is 2.47. The lowest BCUT2D eigenvalue weighted by atomic mass is 10.1. The predicted octanol–water partition coefficient (Wildman–Crippen LogP) is 1.55. The maximum Gasteiger partial charge on any atom is 0.243 e. The van der Waals surface area contributed by atoms with Crippen molar-refractivity contribution in [2.45, 2.75) is 26.3 Å². The molecule has 0 aromatic heterocycles. The van der Waals surface area contributed by atoms with Gasteiger partial charge in [-0.3, -0.25) is 9.59 Å². The van der Waals surface area contributed by atoms with Crippen LogP contribution in [0.25, 0.3) is 0 Å². The summed E-state index contributed by atoms with van der Waals surface area (Å²) < 4.78 is 0.875. The van der Waals surface area contributed by atoms with Gasteiger partial charge in [0.2, 0.25) is 11.8 Å². The Morgan fingerprint density at radius 1 is 1.37 bits per heavy atom. The molecule has 0 heterocycles. The van der Waals surface area contributed by atoms with Crippen molar-refractivity contribution in [3.05, 3.63) is 28.2 Å². The minimum absolute atomic E-state index is 0.106. The molecule has 0 saturated carbocycles. The Balaban J connectivity index is 2.57. The van der Waals surface area contributed by atoms with Crippen molar-refractivity contribution in [2.24, 2.45) is 5.73 Å². The lowest BCUT2D eigenvalue weighted by Gasteiger charge is -2.17. The molecule has 1 rings (SSSR count). The van der Waals surface area contributed by atoms with E-state index in [-0.39, 0.29) is 18.4 Å². The van der Waals surface area contributed by atoms with Crippen LogP contribution in [0.15, 0.2) is 22.7 Å². The first-order valence-corrected chi connectivity index (χ1v) is 6.62. The summed E-state index contributed by atoms with van der Waals surface area (Å²) in [5.41, 5.74) is 6.27. The van der Waals surface area contributed by atoms with Gasteiger partial charge in [-0.1, -0.05) is 22.0 Å². The number of anilines is 1. The van der Waals surface area contributed by atoms with Crippen LogP contribution < -0.4 is 16.4 Å². The van der Waals surface area contributed by atoms with Crippen LogP contribution in [0.2, 0.25) is 0 Å². The van der Waals surface area contributed by atoms with E-state index in [9.17, 15) is 9.59 Å². The summed E-state index contributed by atoms with van der Waals surface area (Å²) in [6.07, 6.45) is 0. The van der Waals surface area contributed by atoms with Gasteiger partial charge in [0, 0.05) is 10.2 Å². The maximum absolute atomic E-state index is 11.7. The van der Waals surface area contributed by atoms with E-state index in [0.717, 1.165) is 10.0 Å². The van der Waals surface area contributed by atoms with E-state index in [0.29, 0.717) is 5.69 Å². The molecule has 0 aliphatic rings. The second-order valence-electron chi connectivity index (χ2n) is 4.91. The molecule has 0 fully saturated rings. The van der Waals surface area contributed by atoms with Crippen LogP contribution >= 0.6 is 15.9 Å². The highest BCUT2D eigenvalue weighted by Crippen LogP contribution is 2.20. The van der Waals surface area contributed by atoms with Crippen molar-refractivity contribution >= 4 is 33.4 Å². The fraction of sp³-hybridized carbons (Fsp3) is 0.385. The number of benzene rings is 1. The van der Waals surface area contributed by atoms with E-state index in [1.807, 2.05) is 25.1 Å². The number of hydrogen-bond donors (Lipinski definition) is 3. The SMILES string of the molecule is Cc1ccc(Br)cc1NC(=O)CNC(=O)C(C)(C)N. The average Bonchev–Trinajstić information content (AvgIpc) is 2.29. The standard InChI is InChI=1S/C13H18BrN3O2/c1-8-4-5-9(14)6-10(8)17-11(18)7-16-12(19)13(2,3)15/h4-6H,7,15H2,1-3H3,(H,16,19)(H,17,18). The number of halogens is 1. The van der Waals surface area contributed by atoms with Crippen LogP contribution in [-0.4, -0.2) is 23.9 Å². The monoisotopic (exact) mass is 327 g/mol. The molecule has 0 atom stereocenters. The molecule has 2 amide bonds. The number of nitrogens with one attached hydrogen (secondary N) is 2. The maximum atomic E-state index is 11.7. The van der Waals surface area contributed by atoms with Crippen molar-refractivity contribution in [1.82, 2.24) is 5.32 Å².